The fourth-order valence-electron chi connectivity index (χ4n) is 2.13. The third-order valence-electron chi connectivity index (χ3n) is 3.41. The molecule has 2 aromatic carbocycles. The smallest absolute Gasteiger partial charge is 0.331 e. The lowest BCUT2D eigenvalue weighted by Gasteiger charge is -2.06. The first kappa shape index (κ1) is 16.9. The van der Waals surface area contributed by atoms with E-state index in [9.17, 15) is 4.79 Å². The third kappa shape index (κ3) is 4.33. The van der Waals surface area contributed by atoms with Gasteiger partial charge in [0.1, 0.15) is 0 Å². The molecule has 0 fully saturated rings. The number of carbonyl (C=O) groups excluding carboxylic acids is 1. The van der Waals surface area contributed by atoms with E-state index in [0.717, 1.165) is 11.1 Å². The largest absolute Gasteiger partial charge is 0.449 e. The molecule has 1 atom stereocenters. The van der Waals surface area contributed by atoms with Gasteiger partial charge >= 0.3 is 5.97 Å². The molecular formula is C19H15ClN2O3. The van der Waals surface area contributed by atoms with E-state index in [0.29, 0.717) is 10.9 Å². The maximum atomic E-state index is 11.9. The van der Waals surface area contributed by atoms with E-state index in [1.807, 2.05) is 42.5 Å². The van der Waals surface area contributed by atoms with Crippen molar-refractivity contribution in [3.63, 3.8) is 0 Å². The third-order valence-corrected chi connectivity index (χ3v) is 3.75. The number of nitrogens with zero attached hydrogens (tertiary/aromatic N) is 2. The summed E-state index contributed by atoms with van der Waals surface area (Å²) in [5, 5.41) is 8.47. The van der Waals surface area contributed by atoms with E-state index in [-0.39, 0.29) is 5.89 Å². The molecule has 0 aliphatic rings. The number of hydrogen-bond acceptors (Lipinski definition) is 5. The van der Waals surface area contributed by atoms with Crippen LogP contribution >= 0.6 is 11.6 Å². The minimum absolute atomic E-state index is 0.235. The summed E-state index contributed by atoms with van der Waals surface area (Å²) < 4.78 is 10.9. The molecule has 0 saturated heterocycles. The van der Waals surface area contributed by atoms with Gasteiger partial charge in [0.2, 0.25) is 5.89 Å². The van der Waals surface area contributed by atoms with Crippen molar-refractivity contribution in [3.05, 3.63) is 77.2 Å². The molecule has 0 spiro atoms. The van der Waals surface area contributed by atoms with Crippen molar-refractivity contribution >= 4 is 23.6 Å². The summed E-state index contributed by atoms with van der Waals surface area (Å²) in [4.78, 5) is 11.9. The van der Waals surface area contributed by atoms with Crippen LogP contribution in [-0.2, 0) is 9.53 Å². The highest BCUT2D eigenvalue weighted by atomic mass is 35.5. The average Bonchev–Trinajstić information content (AvgIpc) is 3.12. The molecular weight excluding hydrogens is 340 g/mol. The van der Waals surface area contributed by atoms with Gasteiger partial charge in [-0.05, 0) is 36.8 Å². The lowest BCUT2D eigenvalue weighted by atomic mass is 10.2. The van der Waals surface area contributed by atoms with E-state index in [4.69, 9.17) is 20.8 Å². The molecule has 1 heterocycles. The summed E-state index contributed by atoms with van der Waals surface area (Å²) in [6.45, 7) is 1.67. The van der Waals surface area contributed by atoms with Crippen molar-refractivity contribution in [1.82, 2.24) is 10.2 Å². The fourth-order valence-corrected chi connectivity index (χ4v) is 2.33. The van der Waals surface area contributed by atoms with Crippen LogP contribution in [0.4, 0.5) is 0 Å². The van der Waals surface area contributed by atoms with Crippen molar-refractivity contribution in [3.8, 4) is 11.5 Å². The van der Waals surface area contributed by atoms with Gasteiger partial charge in [-0.25, -0.2) is 4.79 Å². The highest BCUT2D eigenvalue weighted by molar-refractivity contribution is 6.32. The zero-order chi connectivity index (χ0) is 17.6. The second kappa shape index (κ2) is 7.77. The van der Waals surface area contributed by atoms with Gasteiger partial charge in [0.25, 0.3) is 5.89 Å². The predicted octanol–water partition coefficient (Wildman–Crippen LogP) is 4.71. The van der Waals surface area contributed by atoms with Crippen LogP contribution in [0.25, 0.3) is 17.5 Å². The molecule has 0 aliphatic carbocycles. The first-order chi connectivity index (χ1) is 12.1. The molecule has 0 bridgehead atoms. The van der Waals surface area contributed by atoms with Crippen molar-refractivity contribution in [1.29, 1.82) is 0 Å². The van der Waals surface area contributed by atoms with E-state index in [2.05, 4.69) is 10.2 Å². The lowest BCUT2D eigenvalue weighted by molar-refractivity contribution is -0.143. The number of esters is 1. The SMILES string of the molecule is C[C@@H](OC(=O)/C=C/c1ccccc1Cl)c1nnc(-c2ccccc2)o1. The number of benzene rings is 2. The Hall–Kier alpha value is -2.92. The normalized spacial score (nSPS) is 12.2. The number of rotatable bonds is 5. The molecule has 3 aromatic rings. The zero-order valence-corrected chi connectivity index (χ0v) is 14.2. The number of ether oxygens (including phenoxy) is 1. The highest BCUT2D eigenvalue weighted by Crippen LogP contribution is 2.22. The maximum absolute atomic E-state index is 11.9. The molecule has 3 rings (SSSR count). The predicted molar refractivity (Wildman–Crippen MR) is 94.7 cm³/mol. The van der Waals surface area contributed by atoms with E-state index < -0.39 is 12.1 Å². The first-order valence-corrected chi connectivity index (χ1v) is 8.03. The first-order valence-electron chi connectivity index (χ1n) is 7.65. The topological polar surface area (TPSA) is 65.2 Å². The van der Waals surface area contributed by atoms with E-state index >= 15 is 0 Å². The van der Waals surface area contributed by atoms with Gasteiger partial charge in [-0.1, -0.05) is 48.0 Å². The Labute approximate surface area is 149 Å². The Kier molecular flexibility index (Phi) is 5.26. The zero-order valence-electron chi connectivity index (χ0n) is 13.4. The summed E-state index contributed by atoms with van der Waals surface area (Å²) in [5.74, 6) is 0.0929. The van der Waals surface area contributed by atoms with Crippen LogP contribution in [0.1, 0.15) is 24.5 Å². The van der Waals surface area contributed by atoms with Crippen LogP contribution in [0.2, 0.25) is 5.02 Å². The molecule has 0 N–H and O–H groups in total. The van der Waals surface area contributed by atoms with Crippen LogP contribution < -0.4 is 0 Å². The van der Waals surface area contributed by atoms with Crippen LogP contribution in [0.5, 0.6) is 0 Å². The van der Waals surface area contributed by atoms with Crippen molar-refractivity contribution in [2.75, 3.05) is 0 Å². The van der Waals surface area contributed by atoms with Crippen LogP contribution in [-0.4, -0.2) is 16.2 Å². The molecule has 126 valence electrons. The molecule has 0 unspecified atom stereocenters. The van der Waals surface area contributed by atoms with E-state index in [1.165, 1.54) is 6.08 Å². The monoisotopic (exact) mass is 354 g/mol. The van der Waals surface area contributed by atoms with Gasteiger partial charge in [0.05, 0.1) is 0 Å². The minimum atomic E-state index is -0.659. The number of carbonyl (C=O) groups is 1. The van der Waals surface area contributed by atoms with Gasteiger partial charge in [-0.3, -0.25) is 0 Å². The summed E-state index contributed by atoms with van der Waals surface area (Å²) in [7, 11) is 0. The van der Waals surface area contributed by atoms with Gasteiger partial charge < -0.3 is 9.15 Å². The Bertz CT molecular complexity index is 890. The summed E-state index contributed by atoms with van der Waals surface area (Å²) in [6, 6.07) is 16.6. The van der Waals surface area contributed by atoms with Gasteiger partial charge in [-0.2, -0.15) is 0 Å². The minimum Gasteiger partial charge on any atom is -0.449 e. The van der Waals surface area contributed by atoms with E-state index in [1.54, 1.807) is 25.1 Å². The Morgan fingerprint density at radius 3 is 2.60 bits per heavy atom. The number of halogens is 1. The highest BCUT2D eigenvalue weighted by Gasteiger charge is 2.17. The van der Waals surface area contributed by atoms with Crippen LogP contribution in [0.15, 0.2) is 65.1 Å². The number of hydrogen-bond donors (Lipinski definition) is 0. The molecule has 0 radical (unpaired) electrons. The van der Waals surface area contributed by atoms with Crippen LogP contribution in [0.3, 0.4) is 0 Å². The van der Waals surface area contributed by atoms with Gasteiger partial charge in [0, 0.05) is 16.7 Å². The quantitative estimate of drug-likeness (QED) is 0.490. The molecule has 1 aromatic heterocycles. The Balaban J connectivity index is 1.64. The summed E-state index contributed by atoms with van der Waals surface area (Å²) in [6.07, 6.45) is 2.25. The van der Waals surface area contributed by atoms with Crippen molar-refractivity contribution in [2.45, 2.75) is 13.0 Å². The van der Waals surface area contributed by atoms with Crippen molar-refractivity contribution in [2.24, 2.45) is 0 Å². The fraction of sp³-hybridized carbons (Fsp3) is 0.105. The number of aromatic nitrogens is 2. The average molecular weight is 355 g/mol. The molecule has 0 amide bonds. The van der Waals surface area contributed by atoms with Crippen molar-refractivity contribution < 1.29 is 13.9 Å². The second-order valence-corrected chi connectivity index (χ2v) is 5.65. The summed E-state index contributed by atoms with van der Waals surface area (Å²) >= 11 is 6.03. The molecule has 5 nitrogen and oxygen atoms in total. The summed E-state index contributed by atoms with van der Waals surface area (Å²) in [5.41, 5.74) is 1.54. The molecule has 25 heavy (non-hydrogen) atoms. The van der Waals surface area contributed by atoms with Gasteiger partial charge in [0.15, 0.2) is 6.10 Å². The lowest BCUT2D eigenvalue weighted by Crippen LogP contribution is -2.06. The molecule has 6 heteroatoms. The second-order valence-electron chi connectivity index (χ2n) is 5.25. The standard InChI is InChI=1S/C19H15ClN2O3/c1-13(18-21-22-19(25-18)15-8-3-2-4-9-15)24-17(23)12-11-14-7-5-6-10-16(14)20/h2-13H,1H3/b12-11+/t13-/m1/s1. The Morgan fingerprint density at radius 2 is 1.84 bits per heavy atom. The van der Waals surface area contributed by atoms with Gasteiger partial charge in [-0.15, -0.1) is 10.2 Å². The Morgan fingerprint density at radius 1 is 1.12 bits per heavy atom. The molecule has 0 aliphatic heterocycles. The maximum Gasteiger partial charge on any atom is 0.331 e. The molecule has 0 saturated carbocycles. The van der Waals surface area contributed by atoms with Crippen LogP contribution in [0, 0.1) is 0 Å².